The first-order valence-corrected chi connectivity index (χ1v) is 3.71. The van der Waals surface area contributed by atoms with Crippen LogP contribution in [-0.4, -0.2) is 0 Å². The summed E-state index contributed by atoms with van der Waals surface area (Å²) >= 11 is 0.954. The summed E-state index contributed by atoms with van der Waals surface area (Å²) in [6.45, 7) is 0. The van der Waals surface area contributed by atoms with Crippen LogP contribution in [0, 0.1) is 11.3 Å². The van der Waals surface area contributed by atoms with Crippen molar-refractivity contribution < 1.29 is 28.0 Å². The summed E-state index contributed by atoms with van der Waals surface area (Å²) in [6, 6.07) is 9.22. The molecule has 0 saturated heterocycles. The van der Waals surface area contributed by atoms with Gasteiger partial charge in [-0.3, -0.25) is 0 Å². The van der Waals surface area contributed by atoms with Gasteiger partial charge in [-0.2, -0.15) is 0 Å². The predicted octanol–water partition coefficient (Wildman–Crippen LogP) is 1.40. The molecule has 1 aromatic carbocycles. The normalized spacial score (nSPS) is 8.20. The van der Waals surface area contributed by atoms with Gasteiger partial charge in [-0.05, 0) is 0 Å². The van der Waals surface area contributed by atoms with Crippen LogP contribution in [0.1, 0.15) is 5.56 Å². The van der Waals surface area contributed by atoms with E-state index in [-0.39, 0.29) is 0 Å². The maximum absolute atomic E-state index is 8.53. The van der Waals surface area contributed by atoms with E-state index >= 15 is 0 Å². The molecule has 0 spiro atoms. The maximum atomic E-state index is 8.53. The standard InChI is InChI=1S/C7H5NO.Zr/c8-5-6-3-1-2-4-7(6)9;/h1-4,9H;/q;+1/p-1. The number of hydrogen-bond donors (Lipinski definition) is 0. The van der Waals surface area contributed by atoms with Gasteiger partial charge in [-0.15, -0.1) is 0 Å². The van der Waals surface area contributed by atoms with Crippen LogP contribution in [0.4, 0.5) is 0 Å². The molecule has 47 valence electrons. The summed E-state index contributed by atoms with van der Waals surface area (Å²) in [6.07, 6.45) is 0. The average Bonchev–Trinajstić information content (AvgIpc) is 2.04. The molecular formula is C7H4NOZr. The van der Waals surface area contributed by atoms with Crippen molar-refractivity contribution in [2.24, 2.45) is 0 Å². The Balaban J connectivity index is 3.12. The molecule has 3 heteroatoms. The van der Waals surface area contributed by atoms with Crippen LogP contribution in [0.5, 0.6) is 5.75 Å². The summed E-state index contributed by atoms with van der Waals surface area (Å²) in [4.78, 5) is 0. The molecule has 0 N–H and O–H groups in total. The van der Waals surface area contributed by atoms with Crippen molar-refractivity contribution in [3.05, 3.63) is 29.8 Å². The Labute approximate surface area is 74.9 Å². The van der Waals surface area contributed by atoms with Gasteiger partial charge in [-0.25, -0.2) is 0 Å². The van der Waals surface area contributed by atoms with E-state index < -0.39 is 0 Å². The fourth-order valence-electron chi connectivity index (χ4n) is 0.648. The number of hydrogen-bond acceptors (Lipinski definition) is 2. The van der Waals surface area contributed by atoms with Gasteiger partial charge in [0.15, 0.2) is 0 Å². The van der Waals surface area contributed by atoms with Gasteiger partial charge < -0.3 is 0 Å². The molecule has 0 radical (unpaired) electrons. The molecule has 1 rings (SSSR count). The van der Waals surface area contributed by atoms with Gasteiger partial charge in [0.1, 0.15) is 0 Å². The van der Waals surface area contributed by atoms with E-state index in [1.807, 2.05) is 18.2 Å². The van der Waals surface area contributed by atoms with Gasteiger partial charge in [0.25, 0.3) is 0 Å². The summed E-state index contributed by atoms with van der Waals surface area (Å²) in [5, 5.41) is 8.53. The van der Waals surface area contributed by atoms with Crippen molar-refractivity contribution in [3.63, 3.8) is 0 Å². The molecule has 0 saturated carbocycles. The zero-order valence-corrected chi connectivity index (χ0v) is 7.62. The van der Waals surface area contributed by atoms with Crippen LogP contribution >= 0.6 is 0 Å². The molecule has 0 amide bonds. The third-order valence-electron chi connectivity index (χ3n) is 1.12. The van der Waals surface area contributed by atoms with Crippen molar-refractivity contribution in [3.8, 4) is 11.8 Å². The van der Waals surface area contributed by atoms with Crippen molar-refractivity contribution in [1.29, 1.82) is 5.26 Å². The van der Waals surface area contributed by atoms with Crippen LogP contribution in [0.2, 0.25) is 0 Å². The van der Waals surface area contributed by atoms with E-state index in [0.717, 1.165) is 25.2 Å². The predicted molar refractivity (Wildman–Crippen MR) is 31.8 cm³/mol. The average molecular weight is 209 g/mol. The Morgan fingerprint density at radius 1 is 1.40 bits per heavy atom. The van der Waals surface area contributed by atoms with Gasteiger partial charge >= 0.3 is 74.9 Å². The van der Waals surface area contributed by atoms with Crippen molar-refractivity contribution in [2.75, 3.05) is 0 Å². The molecule has 0 fully saturated rings. The van der Waals surface area contributed by atoms with E-state index in [0.29, 0.717) is 11.3 Å². The summed E-state index contributed by atoms with van der Waals surface area (Å²) in [5.41, 5.74) is 0.597. The van der Waals surface area contributed by atoms with Crippen LogP contribution in [-0.2, 0) is 25.2 Å². The molecule has 0 aliphatic rings. The SMILES string of the molecule is N#Cc1ccccc1[O][Zr]. The number of rotatable bonds is 1. The molecule has 2 nitrogen and oxygen atoms in total. The van der Waals surface area contributed by atoms with E-state index in [2.05, 4.69) is 0 Å². The Kier molecular flexibility index (Phi) is 2.65. The first-order valence-electron chi connectivity index (χ1n) is 2.71. The summed E-state index contributed by atoms with van der Waals surface area (Å²) < 4.78 is 5.00. The minimum absolute atomic E-state index is 0.597. The number of para-hydroxylation sites is 1. The van der Waals surface area contributed by atoms with Crippen LogP contribution < -0.4 is 2.81 Å². The zero-order valence-electron chi connectivity index (χ0n) is 5.16. The monoisotopic (exact) mass is 208 g/mol. The molecule has 0 unspecified atom stereocenters. The number of nitrogens with zero attached hydrogens (tertiary/aromatic N) is 1. The second-order valence-corrected chi connectivity index (χ2v) is 2.21. The van der Waals surface area contributed by atoms with Crippen LogP contribution in [0.25, 0.3) is 0 Å². The van der Waals surface area contributed by atoms with Crippen molar-refractivity contribution >= 4 is 0 Å². The third-order valence-corrected chi connectivity index (χ3v) is 1.66. The topological polar surface area (TPSA) is 33.0 Å². The first-order chi connectivity index (χ1) is 4.88. The third kappa shape index (κ3) is 1.46. The van der Waals surface area contributed by atoms with Gasteiger partial charge in [0.05, 0.1) is 0 Å². The van der Waals surface area contributed by atoms with Gasteiger partial charge in [0.2, 0.25) is 0 Å². The van der Waals surface area contributed by atoms with Gasteiger partial charge in [0, 0.05) is 0 Å². The molecule has 10 heavy (non-hydrogen) atoms. The Morgan fingerprint density at radius 2 is 2.10 bits per heavy atom. The van der Waals surface area contributed by atoms with E-state index in [9.17, 15) is 0 Å². The van der Waals surface area contributed by atoms with Crippen LogP contribution in [0.15, 0.2) is 24.3 Å². The molecule has 0 aromatic heterocycles. The molecule has 0 aliphatic carbocycles. The molecular weight excluding hydrogens is 205 g/mol. The second kappa shape index (κ2) is 3.53. The van der Waals surface area contributed by atoms with Crippen molar-refractivity contribution in [1.82, 2.24) is 0 Å². The fourth-order valence-corrected chi connectivity index (χ4v) is 1.09. The van der Waals surface area contributed by atoms with E-state index in [1.165, 1.54) is 0 Å². The van der Waals surface area contributed by atoms with E-state index in [4.69, 9.17) is 8.08 Å². The van der Waals surface area contributed by atoms with Gasteiger partial charge in [-0.1, -0.05) is 0 Å². The van der Waals surface area contributed by atoms with Crippen LogP contribution in [0.3, 0.4) is 0 Å². The van der Waals surface area contributed by atoms with Crippen molar-refractivity contribution in [2.45, 2.75) is 0 Å². The molecule has 1 aromatic rings. The quantitative estimate of drug-likeness (QED) is 0.700. The van der Waals surface area contributed by atoms with E-state index in [1.54, 1.807) is 12.1 Å². The zero-order chi connectivity index (χ0) is 7.40. The summed E-state index contributed by atoms with van der Waals surface area (Å²) in [7, 11) is 0. The molecule has 0 aliphatic heterocycles. The second-order valence-electron chi connectivity index (χ2n) is 1.71. The molecule has 0 bridgehead atoms. The number of benzene rings is 1. The molecule has 0 atom stereocenters. The number of nitriles is 1. The minimum atomic E-state index is 0.597. The summed E-state index contributed by atoms with van der Waals surface area (Å²) in [5.74, 6) is 0.670. The molecule has 0 heterocycles. The Bertz CT molecular complexity index is 267. The first kappa shape index (κ1) is 7.50. The Morgan fingerprint density at radius 3 is 2.60 bits per heavy atom. The fraction of sp³-hybridized carbons (Fsp3) is 0. The Hall–Kier alpha value is -0.607.